The number of rotatable bonds is 5. The minimum Gasteiger partial charge on any atom is -0.493 e. The lowest BCUT2D eigenvalue weighted by molar-refractivity contribution is 0.354. The zero-order chi connectivity index (χ0) is 15.4. The Morgan fingerprint density at radius 3 is 2.43 bits per heavy atom. The first-order chi connectivity index (χ1) is 10.0. The van der Waals surface area contributed by atoms with Crippen molar-refractivity contribution in [1.82, 2.24) is 0 Å². The predicted molar refractivity (Wildman–Crippen MR) is 86.1 cm³/mol. The van der Waals surface area contributed by atoms with Crippen LogP contribution in [0.1, 0.15) is 21.5 Å². The van der Waals surface area contributed by atoms with Crippen LogP contribution in [0.15, 0.2) is 36.4 Å². The van der Waals surface area contributed by atoms with Gasteiger partial charge in [-0.15, -0.1) is 0 Å². The van der Waals surface area contributed by atoms with E-state index in [1.165, 1.54) is 6.07 Å². The molecule has 0 radical (unpaired) electrons. The van der Waals surface area contributed by atoms with Gasteiger partial charge < -0.3 is 9.47 Å². The summed E-state index contributed by atoms with van der Waals surface area (Å²) in [6, 6.07) is 10.7. The number of halogens is 2. The van der Waals surface area contributed by atoms with Crippen LogP contribution >= 0.6 is 15.9 Å². The van der Waals surface area contributed by atoms with Crippen molar-refractivity contribution < 1.29 is 13.9 Å². The Hall–Kier alpha value is -1.55. The van der Waals surface area contributed by atoms with Crippen LogP contribution in [-0.4, -0.2) is 14.2 Å². The van der Waals surface area contributed by atoms with Crippen molar-refractivity contribution in [3.8, 4) is 11.5 Å². The molecule has 0 N–H and O–H groups in total. The van der Waals surface area contributed by atoms with E-state index < -0.39 is 0 Å². The summed E-state index contributed by atoms with van der Waals surface area (Å²) in [5.74, 6) is 1.19. The Bertz CT molecular complexity index is 628. The second kappa shape index (κ2) is 6.94. The van der Waals surface area contributed by atoms with Gasteiger partial charge in [0, 0.05) is 4.83 Å². The SMILES string of the molecule is COc1ccc(CC(Br)c2cc(F)ccc2C)cc1OC. The first-order valence-electron chi connectivity index (χ1n) is 6.66. The molecule has 0 saturated heterocycles. The molecule has 0 aliphatic rings. The van der Waals surface area contributed by atoms with Gasteiger partial charge in [-0.3, -0.25) is 0 Å². The van der Waals surface area contributed by atoms with Gasteiger partial charge >= 0.3 is 0 Å². The molecule has 21 heavy (non-hydrogen) atoms. The molecule has 1 atom stereocenters. The molecule has 2 aromatic rings. The van der Waals surface area contributed by atoms with E-state index in [9.17, 15) is 4.39 Å². The second-order valence-corrected chi connectivity index (χ2v) is 5.97. The standard InChI is InChI=1S/C17H18BrFO2/c1-11-4-6-13(19)10-14(11)15(18)8-12-5-7-16(20-2)17(9-12)21-3/h4-7,9-10,15H,8H2,1-3H3. The van der Waals surface area contributed by atoms with Gasteiger partial charge in [0.1, 0.15) is 5.82 Å². The van der Waals surface area contributed by atoms with Crippen molar-refractivity contribution in [2.24, 2.45) is 0 Å². The number of benzene rings is 2. The number of alkyl halides is 1. The molecule has 4 heteroatoms. The maximum Gasteiger partial charge on any atom is 0.160 e. The third kappa shape index (κ3) is 3.76. The summed E-state index contributed by atoms with van der Waals surface area (Å²) in [4.78, 5) is 0.0475. The summed E-state index contributed by atoms with van der Waals surface area (Å²) in [6.45, 7) is 1.98. The number of aryl methyl sites for hydroxylation is 1. The average Bonchev–Trinajstić information content (AvgIpc) is 2.49. The van der Waals surface area contributed by atoms with Crippen LogP contribution in [-0.2, 0) is 6.42 Å². The summed E-state index contributed by atoms with van der Waals surface area (Å²) in [6.07, 6.45) is 0.741. The van der Waals surface area contributed by atoms with Crippen molar-refractivity contribution in [2.75, 3.05) is 14.2 Å². The molecule has 0 saturated carbocycles. The van der Waals surface area contributed by atoms with Crippen LogP contribution in [0.4, 0.5) is 4.39 Å². The Kier molecular flexibility index (Phi) is 5.23. The van der Waals surface area contributed by atoms with Gasteiger partial charge in [0.05, 0.1) is 14.2 Å². The summed E-state index contributed by atoms with van der Waals surface area (Å²) < 4.78 is 23.9. The second-order valence-electron chi connectivity index (χ2n) is 4.86. The van der Waals surface area contributed by atoms with Crippen molar-refractivity contribution >= 4 is 15.9 Å². The van der Waals surface area contributed by atoms with Crippen molar-refractivity contribution in [3.63, 3.8) is 0 Å². The molecule has 1 unspecified atom stereocenters. The van der Waals surface area contributed by atoms with Crippen molar-refractivity contribution in [3.05, 3.63) is 58.9 Å². The Morgan fingerprint density at radius 1 is 1.05 bits per heavy atom. The van der Waals surface area contributed by atoms with Gasteiger partial charge in [-0.2, -0.15) is 0 Å². The number of hydrogen-bond donors (Lipinski definition) is 0. The van der Waals surface area contributed by atoms with Crippen LogP contribution < -0.4 is 9.47 Å². The smallest absolute Gasteiger partial charge is 0.160 e. The monoisotopic (exact) mass is 352 g/mol. The molecule has 0 fully saturated rings. The lowest BCUT2D eigenvalue weighted by Crippen LogP contribution is -2.00. The number of ether oxygens (including phenoxy) is 2. The van der Waals surface area contributed by atoms with Crippen LogP contribution in [0.5, 0.6) is 11.5 Å². The van der Waals surface area contributed by atoms with Gasteiger partial charge in [0.25, 0.3) is 0 Å². The van der Waals surface area contributed by atoms with Crippen LogP contribution in [0.25, 0.3) is 0 Å². The molecule has 0 aliphatic carbocycles. The summed E-state index contributed by atoms with van der Waals surface area (Å²) in [5.41, 5.74) is 3.13. The fraction of sp³-hybridized carbons (Fsp3) is 0.294. The highest BCUT2D eigenvalue weighted by molar-refractivity contribution is 9.09. The van der Waals surface area contributed by atoms with Gasteiger partial charge in [0.15, 0.2) is 11.5 Å². The molecular weight excluding hydrogens is 335 g/mol. The van der Waals surface area contributed by atoms with E-state index in [4.69, 9.17) is 9.47 Å². The summed E-state index contributed by atoms with van der Waals surface area (Å²) >= 11 is 3.65. The lowest BCUT2D eigenvalue weighted by Gasteiger charge is -2.15. The molecule has 0 heterocycles. The van der Waals surface area contributed by atoms with E-state index in [-0.39, 0.29) is 10.6 Å². The lowest BCUT2D eigenvalue weighted by atomic mass is 10.00. The highest BCUT2D eigenvalue weighted by Gasteiger charge is 2.14. The Morgan fingerprint density at radius 2 is 1.76 bits per heavy atom. The molecule has 0 aromatic heterocycles. The Labute approximate surface area is 133 Å². The molecule has 0 amide bonds. The highest BCUT2D eigenvalue weighted by Crippen LogP contribution is 2.33. The largest absolute Gasteiger partial charge is 0.493 e. The zero-order valence-corrected chi connectivity index (χ0v) is 13.9. The van der Waals surface area contributed by atoms with Crippen LogP contribution in [0, 0.1) is 12.7 Å². The normalized spacial score (nSPS) is 12.0. The first-order valence-corrected chi connectivity index (χ1v) is 7.57. The molecule has 0 bridgehead atoms. The first kappa shape index (κ1) is 15.8. The molecule has 2 aromatic carbocycles. The zero-order valence-electron chi connectivity index (χ0n) is 12.3. The minimum absolute atomic E-state index is 0.0475. The fourth-order valence-corrected chi connectivity index (χ4v) is 3.14. The number of hydrogen-bond acceptors (Lipinski definition) is 2. The van der Waals surface area contributed by atoms with E-state index in [0.29, 0.717) is 11.5 Å². The molecule has 2 rings (SSSR count). The quantitative estimate of drug-likeness (QED) is 0.717. The average molecular weight is 353 g/mol. The molecule has 0 aliphatic heterocycles. The van der Waals surface area contributed by atoms with Crippen molar-refractivity contribution in [1.29, 1.82) is 0 Å². The molecular formula is C17H18BrFO2. The van der Waals surface area contributed by atoms with E-state index in [1.807, 2.05) is 25.1 Å². The van der Waals surface area contributed by atoms with E-state index in [2.05, 4.69) is 15.9 Å². The fourth-order valence-electron chi connectivity index (χ4n) is 2.27. The van der Waals surface area contributed by atoms with Gasteiger partial charge in [-0.05, 0) is 54.3 Å². The maximum atomic E-state index is 13.4. The van der Waals surface area contributed by atoms with Crippen LogP contribution in [0.3, 0.4) is 0 Å². The van der Waals surface area contributed by atoms with E-state index in [0.717, 1.165) is 23.1 Å². The van der Waals surface area contributed by atoms with Crippen molar-refractivity contribution in [2.45, 2.75) is 18.2 Å². The third-order valence-electron chi connectivity index (χ3n) is 3.44. The number of methoxy groups -OCH3 is 2. The predicted octanol–water partition coefficient (Wildman–Crippen LogP) is 4.83. The van der Waals surface area contributed by atoms with E-state index >= 15 is 0 Å². The van der Waals surface area contributed by atoms with Gasteiger partial charge in [0.2, 0.25) is 0 Å². The van der Waals surface area contributed by atoms with E-state index in [1.54, 1.807) is 26.4 Å². The maximum absolute atomic E-state index is 13.4. The van der Waals surface area contributed by atoms with Gasteiger partial charge in [-0.1, -0.05) is 28.1 Å². The Balaban J connectivity index is 2.23. The third-order valence-corrected chi connectivity index (χ3v) is 4.26. The van der Waals surface area contributed by atoms with Gasteiger partial charge in [-0.25, -0.2) is 4.39 Å². The summed E-state index contributed by atoms with van der Waals surface area (Å²) in [5, 5.41) is 0. The topological polar surface area (TPSA) is 18.5 Å². The summed E-state index contributed by atoms with van der Waals surface area (Å²) in [7, 11) is 3.23. The molecule has 2 nitrogen and oxygen atoms in total. The molecule has 112 valence electrons. The molecule has 0 spiro atoms. The minimum atomic E-state index is -0.215. The highest BCUT2D eigenvalue weighted by atomic mass is 79.9. The van der Waals surface area contributed by atoms with Crippen LogP contribution in [0.2, 0.25) is 0 Å².